The lowest BCUT2D eigenvalue weighted by Crippen LogP contribution is -2.30. The first-order valence-corrected chi connectivity index (χ1v) is 8.85. The third-order valence-corrected chi connectivity index (χ3v) is 3.41. The van der Waals surface area contributed by atoms with Crippen molar-refractivity contribution in [1.82, 2.24) is 5.32 Å². The molecule has 1 aliphatic rings. The minimum atomic E-state index is 0.417. The highest BCUT2D eigenvalue weighted by Crippen LogP contribution is 2.32. The Hall–Kier alpha value is -1.84. The Balaban J connectivity index is 0.000000400. The number of hydrogen-bond acceptors (Lipinski definition) is 5. The monoisotopic (exact) mass is 336 g/mol. The maximum absolute atomic E-state index is 8.96. The first-order valence-electron chi connectivity index (χ1n) is 8.85. The highest BCUT2D eigenvalue weighted by molar-refractivity contribution is 5.60. The first kappa shape index (κ1) is 20.2. The second-order valence-corrected chi connectivity index (χ2v) is 5.50. The number of nitrogens with zero attached hydrogens (tertiary/aromatic N) is 2. The van der Waals surface area contributed by atoms with E-state index >= 15 is 0 Å². The SMILES string of the molecule is C1COCCN1.CCCCOc1ccc(OCCCC)c([N+]#N)c1. The molecule has 1 fully saturated rings. The Morgan fingerprint density at radius 2 is 1.75 bits per heavy atom. The minimum absolute atomic E-state index is 0.417. The minimum Gasteiger partial charge on any atom is -0.493 e. The van der Waals surface area contributed by atoms with Gasteiger partial charge in [-0.3, -0.25) is 0 Å². The lowest BCUT2D eigenvalue weighted by molar-refractivity contribution is 0.109. The van der Waals surface area contributed by atoms with Gasteiger partial charge in [-0.2, -0.15) is 0 Å². The van der Waals surface area contributed by atoms with Crippen molar-refractivity contribution in [3.05, 3.63) is 23.2 Å². The van der Waals surface area contributed by atoms with E-state index in [-0.39, 0.29) is 0 Å². The molecule has 0 aliphatic carbocycles. The molecule has 6 heteroatoms. The van der Waals surface area contributed by atoms with E-state index in [4.69, 9.17) is 19.6 Å². The molecule has 0 spiro atoms. The van der Waals surface area contributed by atoms with Gasteiger partial charge in [-0.15, -0.1) is 0 Å². The molecule has 1 aliphatic heterocycles. The predicted octanol–water partition coefficient (Wildman–Crippen LogP) is 4.14. The molecule has 0 radical (unpaired) electrons. The Morgan fingerprint density at radius 1 is 1.08 bits per heavy atom. The smallest absolute Gasteiger partial charge is 0.429 e. The average Bonchev–Trinajstić information content (AvgIpc) is 2.65. The summed E-state index contributed by atoms with van der Waals surface area (Å²) in [6, 6.07) is 5.31. The van der Waals surface area contributed by atoms with Crippen molar-refractivity contribution in [3.8, 4) is 11.5 Å². The number of diazo groups is 1. The van der Waals surface area contributed by atoms with E-state index in [0.717, 1.165) is 52.0 Å². The van der Waals surface area contributed by atoms with Gasteiger partial charge in [0.15, 0.2) is 4.98 Å². The number of hydrogen-bond donors (Lipinski definition) is 1. The molecule has 1 heterocycles. The summed E-state index contributed by atoms with van der Waals surface area (Å²) in [4.78, 5) is 3.23. The largest absolute Gasteiger partial charge is 0.493 e. The molecule has 6 nitrogen and oxygen atoms in total. The lowest BCUT2D eigenvalue weighted by atomic mass is 10.2. The number of benzene rings is 1. The van der Waals surface area contributed by atoms with Crippen LogP contribution >= 0.6 is 0 Å². The molecule has 0 atom stereocenters. The molecule has 134 valence electrons. The third kappa shape index (κ3) is 8.70. The number of ether oxygens (including phenoxy) is 3. The second kappa shape index (κ2) is 13.6. The summed E-state index contributed by atoms with van der Waals surface area (Å²) in [7, 11) is 0. The van der Waals surface area contributed by atoms with Crippen molar-refractivity contribution in [2.75, 3.05) is 39.5 Å². The van der Waals surface area contributed by atoms with E-state index in [9.17, 15) is 0 Å². The van der Waals surface area contributed by atoms with Crippen LogP contribution in [-0.4, -0.2) is 39.5 Å². The standard InChI is InChI=1S/C14H21N2O2.C4H9NO/c1-3-5-9-17-12-7-8-14(13(11-12)16-15)18-10-6-4-2;1-3-6-4-2-5-1/h7-8,11H,3-6,9-10H2,1-2H3;5H,1-4H2/q+1;. The molecule has 0 unspecified atom stereocenters. The fraction of sp³-hybridized carbons (Fsp3) is 0.667. The maximum Gasteiger partial charge on any atom is 0.429 e. The molecule has 2 rings (SSSR count). The highest BCUT2D eigenvalue weighted by Gasteiger charge is 2.16. The summed E-state index contributed by atoms with van der Waals surface area (Å²) in [5.74, 6) is 1.30. The first-order chi connectivity index (χ1) is 11.8. The van der Waals surface area contributed by atoms with Crippen LogP contribution in [0.1, 0.15) is 39.5 Å². The van der Waals surface area contributed by atoms with Gasteiger partial charge in [-0.05, 0) is 25.0 Å². The fourth-order valence-electron chi connectivity index (χ4n) is 1.96. The zero-order chi connectivity index (χ0) is 17.5. The van der Waals surface area contributed by atoms with Gasteiger partial charge >= 0.3 is 5.69 Å². The molecule has 0 amide bonds. The van der Waals surface area contributed by atoms with Gasteiger partial charge in [0.25, 0.3) is 0 Å². The average molecular weight is 336 g/mol. The molecule has 0 saturated carbocycles. The van der Waals surface area contributed by atoms with Crippen LogP contribution in [0.3, 0.4) is 0 Å². The number of morpholine rings is 1. The van der Waals surface area contributed by atoms with Crippen molar-refractivity contribution in [2.24, 2.45) is 0 Å². The maximum atomic E-state index is 8.96. The quantitative estimate of drug-likeness (QED) is 0.571. The zero-order valence-corrected chi connectivity index (χ0v) is 14.9. The van der Waals surface area contributed by atoms with Gasteiger partial charge in [0.2, 0.25) is 11.1 Å². The molecular formula is C18H30N3O3+. The summed E-state index contributed by atoms with van der Waals surface area (Å²) < 4.78 is 16.1. The molecule has 1 N–H and O–H groups in total. The Morgan fingerprint density at radius 3 is 2.25 bits per heavy atom. The van der Waals surface area contributed by atoms with Gasteiger partial charge in [0.05, 0.1) is 32.5 Å². The molecule has 0 bridgehead atoms. The van der Waals surface area contributed by atoms with Crippen molar-refractivity contribution in [2.45, 2.75) is 39.5 Å². The second-order valence-electron chi connectivity index (χ2n) is 5.50. The molecule has 24 heavy (non-hydrogen) atoms. The molecular weight excluding hydrogens is 306 g/mol. The Bertz CT molecular complexity index is 473. The van der Waals surface area contributed by atoms with E-state index in [1.54, 1.807) is 12.1 Å². The summed E-state index contributed by atoms with van der Waals surface area (Å²) in [6.45, 7) is 9.36. The third-order valence-electron chi connectivity index (χ3n) is 3.41. The van der Waals surface area contributed by atoms with Crippen LogP contribution in [0.2, 0.25) is 0 Å². The van der Waals surface area contributed by atoms with E-state index in [1.165, 1.54) is 0 Å². The fourth-order valence-corrected chi connectivity index (χ4v) is 1.96. The van der Waals surface area contributed by atoms with Crippen LogP contribution in [0.4, 0.5) is 5.69 Å². The summed E-state index contributed by atoms with van der Waals surface area (Å²) in [5, 5.41) is 12.1. The topological polar surface area (TPSA) is 67.9 Å². The van der Waals surface area contributed by atoms with Crippen LogP contribution in [0, 0.1) is 5.39 Å². The lowest BCUT2D eigenvalue weighted by Gasteiger charge is -2.10. The predicted molar refractivity (Wildman–Crippen MR) is 95.7 cm³/mol. The molecule has 1 saturated heterocycles. The molecule has 1 aromatic rings. The van der Waals surface area contributed by atoms with Crippen LogP contribution in [0.5, 0.6) is 11.5 Å². The summed E-state index contributed by atoms with van der Waals surface area (Å²) >= 11 is 0. The van der Waals surface area contributed by atoms with Crippen molar-refractivity contribution < 1.29 is 14.2 Å². The van der Waals surface area contributed by atoms with Crippen molar-refractivity contribution >= 4 is 5.69 Å². The Labute approximate surface area is 145 Å². The van der Waals surface area contributed by atoms with Gasteiger partial charge in [0, 0.05) is 13.1 Å². The number of nitrogens with one attached hydrogen (secondary N) is 1. The van der Waals surface area contributed by atoms with Crippen LogP contribution in [0.25, 0.3) is 4.98 Å². The van der Waals surface area contributed by atoms with E-state index in [0.29, 0.717) is 30.4 Å². The molecule has 1 aromatic carbocycles. The van der Waals surface area contributed by atoms with Gasteiger partial charge in [-0.1, -0.05) is 26.7 Å². The van der Waals surface area contributed by atoms with Crippen LogP contribution in [-0.2, 0) is 4.74 Å². The van der Waals surface area contributed by atoms with E-state index in [1.807, 2.05) is 6.07 Å². The normalized spacial score (nSPS) is 13.4. The molecule has 0 aromatic heterocycles. The van der Waals surface area contributed by atoms with E-state index < -0.39 is 0 Å². The van der Waals surface area contributed by atoms with Crippen molar-refractivity contribution in [1.29, 1.82) is 5.39 Å². The van der Waals surface area contributed by atoms with Gasteiger partial charge in [0.1, 0.15) is 5.75 Å². The van der Waals surface area contributed by atoms with Crippen molar-refractivity contribution in [3.63, 3.8) is 0 Å². The van der Waals surface area contributed by atoms with E-state index in [2.05, 4.69) is 24.1 Å². The highest BCUT2D eigenvalue weighted by atomic mass is 16.5. The van der Waals surface area contributed by atoms with Crippen LogP contribution < -0.4 is 14.8 Å². The number of unbranched alkanes of at least 4 members (excludes halogenated alkanes) is 2. The summed E-state index contributed by atoms with van der Waals surface area (Å²) in [5.41, 5.74) is 0.417. The zero-order valence-electron chi connectivity index (χ0n) is 14.9. The van der Waals surface area contributed by atoms with Gasteiger partial charge < -0.3 is 19.5 Å². The van der Waals surface area contributed by atoms with Gasteiger partial charge in [-0.25, -0.2) is 0 Å². The Kier molecular flexibility index (Phi) is 11.4. The van der Waals surface area contributed by atoms with Crippen LogP contribution in [0.15, 0.2) is 18.2 Å². The summed E-state index contributed by atoms with van der Waals surface area (Å²) in [6.07, 6.45) is 4.17. The number of rotatable bonds is 8.